The highest BCUT2D eigenvalue weighted by atomic mass is 35.5. The van der Waals surface area contributed by atoms with Gasteiger partial charge in [-0.15, -0.1) is 17.5 Å². The third-order valence-electron chi connectivity index (χ3n) is 3.12. The minimum atomic E-state index is -0.126. The standard InChI is InChI=1S/C10H16N4OS.ClH/c11-5-7-3-1-2-4-8(7)12-10(15)9-6-16-14-13-9;/h6-8H,1-5,11H2,(H,12,15);1H. The molecule has 1 heterocycles. The Balaban J connectivity index is 0.00000144. The first-order valence-electron chi connectivity index (χ1n) is 5.59. The van der Waals surface area contributed by atoms with Crippen LogP contribution in [0.4, 0.5) is 0 Å². The van der Waals surface area contributed by atoms with Crippen molar-refractivity contribution in [3.05, 3.63) is 11.1 Å². The largest absolute Gasteiger partial charge is 0.348 e. The number of hydrogen-bond acceptors (Lipinski definition) is 5. The van der Waals surface area contributed by atoms with Crippen LogP contribution < -0.4 is 11.1 Å². The van der Waals surface area contributed by atoms with Crippen LogP contribution in [0.2, 0.25) is 0 Å². The fourth-order valence-electron chi connectivity index (χ4n) is 2.19. The second-order valence-electron chi connectivity index (χ2n) is 4.15. The topological polar surface area (TPSA) is 80.9 Å². The monoisotopic (exact) mass is 276 g/mol. The number of hydrogen-bond donors (Lipinski definition) is 2. The van der Waals surface area contributed by atoms with E-state index in [1.165, 1.54) is 18.0 Å². The Hall–Kier alpha value is -0.720. The molecule has 1 aliphatic carbocycles. The van der Waals surface area contributed by atoms with Gasteiger partial charge in [0.1, 0.15) is 0 Å². The van der Waals surface area contributed by atoms with Crippen molar-refractivity contribution < 1.29 is 4.79 Å². The number of rotatable bonds is 3. The number of nitrogens with two attached hydrogens (primary N) is 1. The van der Waals surface area contributed by atoms with Crippen LogP contribution >= 0.6 is 23.9 Å². The van der Waals surface area contributed by atoms with Crippen LogP contribution in [-0.2, 0) is 0 Å². The van der Waals surface area contributed by atoms with Gasteiger partial charge in [-0.1, -0.05) is 17.3 Å². The number of nitrogens with zero attached hydrogens (tertiary/aromatic N) is 2. The van der Waals surface area contributed by atoms with E-state index in [1.807, 2.05) is 0 Å². The Morgan fingerprint density at radius 2 is 2.29 bits per heavy atom. The number of aromatic nitrogens is 2. The van der Waals surface area contributed by atoms with Gasteiger partial charge in [-0.05, 0) is 36.8 Å². The molecule has 3 N–H and O–H groups in total. The molecule has 2 unspecified atom stereocenters. The van der Waals surface area contributed by atoms with Crippen molar-refractivity contribution in [2.24, 2.45) is 11.7 Å². The molecule has 5 nitrogen and oxygen atoms in total. The molecule has 96 valence electrons. The molecule has 1 aliphatic rings. The van der Waals surface area contributed by atoms with Gasteiger partial charge in [0.15, 0.2) is 5.69 Å². The van der Waals surface area contributed by atoms with Crippen molar-refractivity contribution in [2.75, 3.05) is 6.54 Å². The predicted molar refractivity (Wildman–Crippen MR) is 69.4 cm³/mol. The highest BCUT2D eigenvalue weighted by Crippen LogP contribution is 2.23. The van der Waals surface area contributed by atoms with Crippen molar-refractivity contribution in [1.82, 2.24) is 14.9 Å². The van der Waals surface area contributed by atoms with Crippen LogP contribution in [0.15, 0.2) is 5.38 Å². The van der Waals surface area contributed by atoms with Crippen LogP contribution in [0.3, 0.4) is 0 Å². The first-order valence-corrected chi connectivity index (χ1v) is 6.43. The molecule has 0 aromatic carbocycles. The molecule has 1 aromatic heterocycles. The molecular weight excluding hydrogens is 260 g/mol. The quantitative estimate of drug-likeness (QED) is 0.869. The van der Waals surface area contributed by atoms with Crippen LogP contribution in [0.5, 0.6) is 0 Å². The lowest BCUT2D eigenvalue weighted by Gasteiger charge is -2.30. The van der Waals surface area contributed by atoms with E-state index in [0.29, 0.717) is 18.2 Å². The van der Waals surface area contributed by atoms with Gasteiger partial charge in [-0.25, -0.2) is 0 Å². The zero-order valence-corrected chi connectivity index (χ0v) is 11.1. The van der Waals surface area contributed by atoms with E-state index in [0.717, 1.165) is 19.3 Å². The van der Waals surface area contributed by atoms with E-state index in [9.17, 15) is 4.79 Å². The predicted octanol–water partition coefficient (Wildman–Crippen LogP) is 1.21. The lowest BCUT2D eigenvalue weighted by Crippen LogP contribution is -2.44. The van der Waals surface area contributed by atoms with Crippen molar-refractivity contribution in [3.8, 4) is 0 Å². The molecule has 0 saturated heterocycles. The summed E-state index contributed by atoms with van der Waals surface area (Å²) < 4.78 is 3.68. The molecule has 0 bridgehead atoms. The first kappa shape index (κ1) is 14.3. The molecule has 2 atom stereocenters. The zero-order valence-electron chi connectivity index (χ0n) is 9.46. The van der Waals surface area contributed by atoms with E-state index in [1.54, 1.807) is 5.38 Å². The summed E-state index contributed by atoms with van der Waals surface area (Å²) in [6.45, 7) is 0.639. The number of carbonyl (C=O) groups is 1. The minimum absolute atomic E-state index is 0. The van der Waals surface area contributed by atoms with Crippen molar-refractivity contribution in [1.29, 1.82) is 0 Å². The summed E-state index contributed by atoms with van der Waals surface area (Å²) in [5.74, 6) is 0.281. The highest BCUT2D eigenvalue weighted by Gasteiger charge is 2.26. The van der Waals surface area contributed by atoms with E-state index >= 15 is 0 Å². The van der Waals surface area contributed by atoms with E-state index in [2.05, 4.69) is 14.9 Å². The fourth-order valence-corrected chi connectivity index (χ4v) is 2.62. The smallest absolute Gasteiger partial charge is 0.272 e. The lowest BCUT2D eigenvalue weighted by atomic mass is 9.84. The second kappa shape index (κ2) is 6.88. The van der Waals surface area contributed by atoms with Gasteiger partial charge in [0, 0.05) is 11.4 Å². The Morgan fingerprint density at radius 1 is 1.53 bits per heavy atom. The molecule has 0 spiro atoms. The minimum Gasteiger partial charge on any atom is -0.348 e. The Kier molecular flexibility index (Phi) is 5.80. The van der Waals surface area contributed by atoms with Gasteiger partial charge < -0.3 is 11.1 Å². The van der Waals surface area contributed by atoms with Crippen LogP contribution in [0.25, 0.3) is 0 Å². The van der Waals surface area contributed by atoms with Gasteiger partial charge in [0.05, 0.1) is 0 Å². The molecule has 0 aliphatic heterocycles. The number of halogens is 1. The molecule has 0 radical (unpaired) electrons. The van der Waals surface area contributed by atoms with E-state index in [-0.39, 0.29) is 24.4 Å². The summed E-state index contributed by atoms with van der Waals surface area (Å²) in [7, 11) is 0. The van der Waals surface area contributed by atoms with Gasteiger partial charge in [0.25, 0.3) is 5.91 Å². The first-order chi connectivity index (χ1) is 7.81. The third-order valence-corrected chi connectivity index (χ3v) is 3.63. The summed E-state index contributed by atoms with van der Waals surface area (Å²) >= 11 is 1.19. The lowest BCUT2D eigenvalue weighted by molar-refractivity contribution is 0.0903. The molecular formula is C10H17ClN4OS. The second-order valence-corrected chi connectivity index (χ2v) is 4.76. The normalized spacial score (nSPS) is 23.8. The molecule has 2 rings (SSSR count). The summed E-state index contributed by atoms with van der Waals surface area (Å²) in [5.41, 5.74) is 6.12. The fraction of sp³-hybridized carbons (Fsp3) is 0.700. The number of amides is 1. The van der Waals surface area contributed by atoms with Crippen molar-refractivity contribution >= 4 is 29.8 Å². The summed E-state index contributed by atoms with van der Waals surface area (Å²) in [5, 5.41) is 8.43. The summed E-state index contributed by atoms with van der Waals surface area (Å²) in [6, 6.07) is 0.202. The van der Waals surface area contributed by atoms with E-state index in [4.69, 9.17) is 5.73 Å². The Bertz CT molecular complexity index is 346. The van der Waals surface area contributed by atoms with Crippen molar-refractivity contribution in [2.45, 2.75) is 31.7 Å². The van der Waals surface area contributed by atoms with Crippen LogP contribution in [0.1, 0.15) is 36.2 Å². The Labute approximate surface area is 111 Å². The average molecular weight is 277 g/mol. The van der Waals surface area contributed by atoms with Crippen molar-refractivity contribution in [3.63, 3.8) is 0 Å². The third kappa shape index (κ3) is 3.62. The summed E-state index contributed by atoms with van der Waals surface area (Å²) in [6.07, 6.45) is 4.51. The maximum atomic E-state index is 11.8. The SMILES string of the molecule is Cl.NCC1CCCCC1NC(=O)c1csnn1. The van der Waals surface area contributed by atoms with E-state index < -0.39 is 0 Å². The zero-order chi connectivity index (χ0) is 11.4. The Morgan fingerprint density at radius 3 is 2.94 bits per heavy atom. The maximum Gasteiger partial charge on any atom is 0.272 e. The molecule has 1 fully saturated rings. The molecule has 1 saturated carbocycles. The van der Waals surface area contributed by atoms with Gasteiger partial charge in [0.2, 0.25) is 0 Å². The molecule has 7 heteroatoms. The number of carbonyl (C=O) groups excluding carboxylic acids is 1. The average Bonchev–Trinajstić information content (AvgIpc) is 2.83. The molecule has 17 heavy (non-hydrogen) atoms. The maximum absolute atomic E-state index is 11.8. The van der Waals surface area contributed by atoms with Gasteiger partial charge in [-0.2, -0.15) is 0 Å². The summed E-state index contributed by atoms with van der Waals surface area (Å²) in [4.78, 5) is 11.8. The highest BCUT2D eigenvalue weighted by molar-refractivity contribution is 7.03. The van der Waals surface area contributed by atoms with Gasteiger partial charge in [-0.3, -0.25) is 4.79 Å². The molecule has 1 aromatic rings. The van der Waals surface area contributed by atoms with Crippen LogP contribution in [-0.4, -0.2) is 28.1 Å². The van der Waals surface area contributed by atoms with Crippen LogP contribution in [0, 0.1) is 5.92 Å². The van der Waals surface area contributed by atoms with Gasteiger partial charge >= 0.3 is 0 Å². The molecule has 1 amide bonds. The number of nitrogens with one attached hydrogen (secondary N) is 1.